The highest BCUT2D eigenvalue weighted by atomic mass is 16.3. The maximum atomic E-state index is 8.91. The Labute approximate surface area is 95.1 Å². The minimum absolute atomic E-state index is 0.129. The summed E-state index contributed by atoms with van der Waals surface area (Å²) in [6.07, 6.45) is 1.80. The highest BCUT2D eigenvalue weighted by Gasteiger charge is 2.00. The number of aromatic nitrogens is 1. The summed E-state index contributed by atoms with van der Waals surface area (Å²) in [7, 11) is 0. The van der Waals surface area contributed by atoms with E-state index in [-0.39, 0.29) is 12.6 Å². The van der Waals surface area contributed by atoms with Gasteiger partial charge in [-0.1, -0.05) is 12.1 Å². The van der Waals surface area contributed by atoms with E-state index < -0.39 is 0 Å². The monoisotopic (exact) mass is 216 g/mol. The van der Waals surface area contributed by atoms with Crippen LogP contribution in [0.3, 0.4) is 0 Å². The molecule has 2 N–H and O–H groups in total. The lowest BCUT2D eigenvalue weighted by molar-refractivity contribution is 0.251. The number of aliphatic hydroxyl groups is 1. The van der Waals surface area contributed by atoms with Crippen LogP contribution in [0.4, 0.5) is 0 Å². The van der Waals surface area contributed by atoms with E-state index in [1.165, 1.54) is 5.56 Å². The molecule has 1 aromatic heterocycles. The molecule has 84 valence electrons. The second-order valence-electron chi connectivity index (χ2n) is 3.99. The van der Waals surface area contributed by atoms with E-state index in [0.29, 0.717) is 0 Å². The SMILES string of the molecule is CC(CO)NCc1ccc2ncccc2c1. The summed E-state index contributed by atoms with van der Waals surface area (Å²) in [5.74, 6) is 0. The third-order valence-corrected chi connectivity index (χ3v) is 2.60. The van der Waals surface area contributed by atoms with Crippen molar-refractivity contribution in [1.82, 2.24) is 10.3 Å². The first-order valence-corrected chi connectivity index (χ1v) is 5.47. The summed E-state index contributed by atoms with van der Waals surface area (Å²) in [6.45, 7) is 2.89. The van der Waals surface area contributed by atoms with Gasteiger partial charge in [-0.2, -0.15) is 0 Å². The summed E-state index contributed by atoms with van der Waals surface area (Å²) in [5, 5.41) is 13.3. The highest BCUT2D eigenvalue weighted by Crippen LogP contribution is 2.13. The van der Waals surface area contributed by atoms with Crippen LogP contribution in [0.15, 0.2) is 36.5 Å². The number of nitrogens with zero attached hydrogens (tertiary/aromatic N) is 1. The van der Waals surface area contributed by atoms with Crippen LogP contribution in [0.25, 0.3) is 10.9 Å². The van der Waals surface area contributed by atoms with Gasteiger partial charge in [0.25, 0.3) is 0 Å². The van der Waals surface area contributed by atoms with Gasteiger partial charge in [-0.05, 0) is 30.7 Å². The molecule has 1 atom stereocenters. The van der Waals surface area contributed by atoms with Gasteiger partial charge in [-0.15, -0.1) is 0 Å². The van der Waals surface area contributed by atoms with E-state index in [9.17, 15) is 0 Å². The molecule has 1 aromatic carbocycles. The first-order valence-electron chi connectivity index (χ1n) is 5.47. The number of fused-ring (bicyclic) bond motifs is 1. The lowest BCUT2D eigenvalue weighted by Crippen LogP contribution is -2.28. The number of hydrogen-bond acceptors (Lipinski definition) is 3. The predicted octanol–water partition coefficient (Wildman–Crippen LogP) is 1.71. The fourth-order valence-corrected chi connectivity index (χ4v) is 1.59. The Balaban J connectivity index is 2.13. The molecule has 16 heavy (non-hydrogen) atoms. The number of rotatable bonds is 4. The molecule has 1 unspecified atom stereocenters. The summed E-state index contributed by atoms with van der Waals surface area (Å²) < 4.78 is 0. The molecular formula is C13H16N2O. The second kappa shape index (κ2) is 5.05. The van der Waals surface area contributed by atoms with Crippen molar-refractivity contribution in [3.05, 3.63) is 42.1 Å². The second-order valence-corrected chi connectivity index (χ2v) is 3.99. The zero-order valence-corrected chi connectivity index (χ0v) is 9.35. The van der Waals surface area contributed by atoms with Crippen molar-refractivity contribution in [1.29, 1.82) is 0 Å². The van der Waals surface area contributed by atoms with E-state index in [2.05, 4.69) is 28.5 Å². The van der Waals surface area contributed by atoms with E-state index in [1.54, 1.807) is 6.20 Å². The maximum absolute atomic E-state index is 8.91. The zero-order valence-electron chi connectivity index (χ0n) is 9.35. The maximum Gasteiger partial charge on any atom is 0.0702 e. The Morgan fingerprint density at radius 1 is 1.38 bits per heavy atom. The van der Waals surface area contributed by atoms with Crippen molar-refractivity contribution in [2.75, 3.05) is 6.61 Å². The van der Waals surface area contributed by atoms with Crippen LogP contribution < -0.4 is 5.32 Å². The summed E-state index contributed by atoms with van der Waals surface area (Å²) in [4.78, 5) is 4.27. The molecular weight excluding hydrogens is 200 g/mol. The lowest BCUT2D eigenvalue weighted by atomic mass is 10.1. The molecule has 0 fully saturated rings. The van der Waals surface area contributed by atoms with Gasteiger partial charge in [0.15, 0.2) is 0 Å². The Kier molecular flexibility index (Phi) is 3.49. The molecule has 0 saturated heterocycles. The van der Waals surface area contributed by atoms with Crippen LogP contribution in [0.5, 0.6) is 0 Å². The van der Waals surface area contributed by atoms with Gasteiger partial charge in [0.2, 0.25) is 0 Å². The van der Waals surface area contributed by atoms with Crippen molar-refractivity contribution < 1.29 is 5.11 Å². The molecule has 0 radical (unpaired) electrons. The summed E-state index contributed by atoms with van der Waals surface area (Å²) in [5.41, 5.74) is 2.22. The standard InChI is InChI=1S/C13H16N2O/c1-10(9-16)15-8-11-4-5-13-12(7-11)3-2-6-14-13/h2-7,10,15-16H,8-9H2,1H3. The normalized spacial score (nSPS) is 12.9. The Bertz CT molecular complexity index is 470. The number of hydrogen-bond donors (Lipinski definition) is 2. The van der Waals surface area contributed by atoms with Crippen LogP contribution in [0, 0.1) is 0 Å². The topological polar surface area (TPSA) is 45.1 Å². The number of benzene rings is 1. The third kappa shape index (κ3) is 2.56. The van der Waals surface area contributed by atoms with Crippen molar-refractivity contribution in [2.24, 2.45) is 0 Å². The van der Waals surface area contributed by atoms with E-state index in [0.717, 1.165) is 17.4 Å². The van der Waals surface area contributed by atoms with Crippen molar-refractivity contribution in [3.63, 3.8) is 0 Å². The van der Waals surface area contributed by atoms with Gasteiger partial charge in [0, 0.05) is 24.2 Å². The fourth-order valence-electron chi connectivity index (χ4n) is 1.59. The van der Waals surface area contributed by atoms with Crippen molar-refractivity contribution in [3.8, 4) is 0 Å². The number of pyridine rings is 1. The molecule has 0 amide bonds. The van der Waals surface area contributed by atoms with Crippen LogP contribution in [0.1, 0.15) is 12.5 Å². The third-order valence-electron chi connectivity index (χ3n) is 2.60. The van der Waals surface area contributed by atoms with E-state index in [1.807, 2.05) is 19.1 Å². The Morgan fingerprint density at radius 2 is 2.25 bits per heavy atom. The quantitative estimate of drug-likeness (QED) is 0.817. The minimum Gasteiger partial charge on any atom is -0.395 e. The molecule has 0 spiro atoms. The average Bonchev–Trinajstić information content (AvgIpc) is 2.35. The number of aliphatic hydroxyl groups excluding tert-OH is 1. The van der Waals surface area contributed by atoms with Gasteiger partial charge in [0.05, 0.1) is 12.1 Å². The van der Waals surface area contributed by atoms with Crippen LogP contribution in [-0.2, 0) is 6.54 Å². The van der Waals surface area contributed by atoms with Gasteiger partial charge in [-0.25, -0.2) is 0 Å². The van der Waals surface area contributed by atoms with Crippen LogP contribution in [-0.4, -0.2) is 22.7 Å². The van der Waals surface area contributed by atoms with Crippen molar-refractivity contribution >= 4 is 10.9 Å². The van der Waals surface area contributed by atoms with E-state index in [4.69, 9.17) is 5.11 Å². The van der Waals surface area contributed by atoms with Gasteiger partial charge >= 0.3 is 0 Å². The molecule has 0 aliphatic heterocycles. The zero-order chi connectivity index (χ0) is 11.4. The van der Waals surface area contributed by atoms with E-state index >= 15 is 0 Å². The summed E-state index contributed by atoms with van der Waals surface area (Å²) >= 11 is 0. The summed E-state index contributed by atoms with van der Waals surface area (Å²) in [6, 6.07) is 10.3. The largest absolute Gasteiger partial charge is 0.395 e. The molecule has 0 aliphatic rings. The predicted molar refractivity (Wildman–Crippen MR) is 65.1 cm³/mol. The molecule has 2 rings (SSSR count). The van der Waals surface area contributed by atoms with Gasteiger partial charge < -0.3 is 10.4 Å². The Morgan fingerprint density at radius 3 is 3.06 bits per heavy atom. The number of nitrogens with one attached hydrogen (secondary N) is 1. The minimum atomic E-state index is 0.129. The lowest BCUT2D eigenvalue weighted by Gasteiger charge is -2.10. The van der Waals surface area contributed by atoms with Crippen LogP contribution in [0.2, 0.25) is 0 Å². The van der Waals surface area contributed by atoms with Gasteiger partial charge in [-0.3, -0.25) is 4.98 Å². The molecule has 1 heterocycles. The molecule has 0 saturated carbocycles. The molecule has 0 bridgehead atoms. The Hall–Kier alpha value is -1.45. The molecule has 3 nitrogen and oxygen atoms in total. The first kappa shape index (κ1) is 11.0. The molecule has 2 aromatic rings. The first-order chi connectivity index (χ1) is 7.79. The average molecular weight is 216 g/mol. The fraction of sp³-hybridized carbons (Fsp3) is 0.308. The highest BCUT2D eigenvalue weighted by molar-refractivity contribution is 5.78. The van der Waals surface area contributed by atoms with Gasteiger partial charge in [0.1, 0.15) is 0 Å². The molecule has 0 aliphatic carbocycles. The van der Waals surface area contributed by atoms with Crippen LogP contribution >= 0.6 is 0 Å². The molecule has 3 heteroatoms. The van der Waals surface area contributed by atoms with Crippen molar-refractivity contribution in [2.45, 2.75) is 19.5 Å². The smallest absolute Gasteiger partial charge is 0.0702 e.